The lowest BCUT2D eigenvalue weighted by Crippen LogP contribution is -2.17. The average molecular weight is 256 g/mol. The van der Waals surface area contributed by atoms with Gasteiger partial charge in [0.1, 0.15) is 12.4 Å². The van der Waals surface area contributed by atoms with E-state index in [2.05, 4.69) is 16.9 Å². The van der Waals surface area contributed by atoms with Crippen LogP contribution in [0.15, 0.2) is 18.5 Å². The molecule has 1 N–H and O–H groups in total. The summed E-state index contributed by atoms with van der Waals surface area (Å²) < 4.78 is 5.36. The number of aliphatic hydroxyl groups is 1. The SMILES string of the molecule is CN1CCC[C@H]1c1cncc(OCCO)c1.S. The fourth-order valence-electron chi connectivity index (χ4n) is 2.19. The predicted molar refractivity (Wildman–Crippen MR) is 71.8 cm³/mol. The van der Waals surface area contributed by atoms with Gasteiger partial charge in [-0.05, 0) is 38.1 Å². The van der Waals surface area contributed by atoms with Crippen LogP contribution in [0.3, 0.4) is 0 Å². The molecule has 96 valence electrons. The molecule has 1 aliphatic rings. The molecule has 1 aliphatic heterocycles. The second kappa shape index (κ2) is 6.83. The number of aromatic nitrogens is 1. The molecule has 2 rings (SSSR count). The third-order valence-corrected chi connectivity index (χ3v) is 3.00. The van der Waals surface area contributed by atoms with Crippen molar-refractivity contribution in [3.8, 4) is 5.75 Å². The van der Waals surface area contributed by atoms with E-state index in [0.717, 1.165) is 12.3 Å². The molecule has 4 nitrogen and oxygen atoms in total. The molecular formula is C12H20N2O2S. The van der Waals surface area contributed by atoms with Crippen molar-refractivity contribution in [2.45, 2.75) is 18.9 Å². The highest BCUT2D eigenvalue weighted by Crippen LogP contribution is 2.31. The predicted octanol–water partition coefficient (Wildman–Crippen LogP) is 1.33. The average Bonchev–Trinajstić information content (AvgIpc) is 2.73. The van der Waals surface area contributed by atoms with Gasteiger partial charge in [-0.3, -0.25) is 9.88 Å². The van der Waals surface area contributed by atoms with E-state index in [1.165, 1.54) is 18.4 Å². The van der Waals surface area contributed by atoms with Gasteiger partial charge in [0.05, 0.1) is 12.8 Å². The summed E-state index contributed by atoms with van der Waals surface area (Å²) in [5.41, 5.74) is 1.20. The topological polar surface area (TPSA) is 45.6 Å². The monoisotopic (exact) mass is 256 g/mol. The third kappa shape index (κ3) is 3.59. The van der Waals surface area contributed by atoms with Gasteiger partial charge in [0, 0.05) is 12.2 Å². The minimum atomic E-state index is 0. The first-order valence-corrected chi connectivity index (χ1v) is 5.70. The summed E-state index contributed by atoms with van der Waals surface area (Å²) in [5, 5.41) is 8.70. The summed E-state index contributed by atoms with van der Waals surface area (Å²) in [7, 11) is 2.14. The van der Waals surface area contributed by atoms with Crippen LogP contribution in [0, 0.1) is 0 Å². The zero-order valence-electron chi connectivity index (χ0n) is 10.1. The first-order valence-electron chi connectivity index (χ1n) is 5.70. The fraction of sp³-hybridized carbons (Fsp3) is 0.583. The molecule has 0 spiro atoms. The molecular weight excluding hydrogens is 236 g/mol. The Morgan fingerprint density at radius 1 is 1.53 bits per heavy atom. The van der Waals surface area contributed by atoms with E-state index < -0.39 is 0 Å². The van der Waals surface area contributed by atoms with Gasteiger partial charge in [0.25, 0.3) is 0 Å². The third-order valence-electron chi connectivity index (χ3n) is 3.00. The molecule has 1 atom stereocenters. The smallest absolute Gasteiger partial charge is 0.138 e. The number of hydrogen-bond acceptors (Lipinski definition) is 4. The van der Waals surface area contributed by atoms with E-state index in [4.69, 9.17) is 9.84 Å². The Morgan fingerprint density at radius 3 is 3.00 bits per heavy atom. The van der Waals surface area contributed by atoms with Crippen molar-refractivity contribution < 1.29 is 9.84 Å². The normalized spacial score (nSPS) is 20.0. The number of hydrogen-bond donors (Lipinski definition) is 1. The minimum absolute atomic E-state index is 0. The van der Waals surface area contributed by atoms with Gasteiger partial charge in [-0.1, -0.05) is 0 Å². The summed E-state index contributed by atoms with van der Waals surface area (Å²) in [6.45, 7) is 1.51. The zero-order valence-corrected chi connectivity index (χ0v) is 11.1. The van der Waals surface area contributed by atoms with Gasteiger partial charge in [0.2, 0.25) is 0 Å². The van der Waals surface area contributed by atoms with E-state index in [1.54, 1.807) is 6.20 Å². The largest absolute Gasteiger partial charge is 0.490 e. The van der Waals surface area contributed by atoms with Crippen LogP contribution >= 0.6 is 13.5 Å². The lowest BCUT2D eigenvalue weighted by atomic mass is 10.1. The summed E-state index contributed by atoms with van der Waals surface area (Å²) >= 11 is 0. The fourth-order valence-corrected chi connectivity index (χ4v) is 2.19. The van der Waals surface area contributed by atoms with Crippen molar-refractivity contribution in [2.24, 2.45) is 0 Å². The van der Waals surface area contributed by atoms with Gasteiger partial charge in [-0.2, -0.15) is 13.5 Å². The van der Waals surface area contributed by atoms with Crippen molar-refractivity contribution in [3.05, 3.63) is 24.0 Å². The molecule has 0 aliphatic carbocycles. The second-order valence-electron chi connectivity index (χ2n) is 4.16. The van der Waals surface area contributed by atoms with Gasteiger partial charge in [0.15, 0.2) is 0 Å². The Morgan fingerprint density at radius 2 is 2.35 bits per heavy atom. The van der Waals surface area contributed by atoms with Crippen LogP contribution in [0.1, 0.15) is 24.4 Å². The summed E-state index contributed by atoms with van der Waals surface area (Å²) in [6.07, 6.45) is 6.01. The molecule has 0 bridgehead atoms. The highest BCUT2D eigenvalue weighted by molar-refractivity contribution is 7.59. The van der Waals surface area contributed by atoms with Crippen LogP contribution in [0.4, 0.5) is 0 Å². The van der Waals surface area contributed by atoms with Crippen molar-refractivity contribution in [2.75, 3.05) is 26.8 Å². The lowest BCUT2D eigenvalue weighted by molar-refractivity contribution is 0.200. The number of pyridine rings is 1. The van der Waals surface area contributed by atoms with Crippen molar-refractivity contribution in [1.82, 2.24) is 9.88 Å². The first-order chi connectivity index (χ1) is 7.81. The molecule has 1 aromatic rings. The van der Waals surface area contributed by atoms with E-state index in [1.807, 2.05) is 12.3 Å². The van der Waals surface area contributed by atoms with Crippen molar-refractivity contribution in [3.63, 3.8) is 0 Å². The molecule has 0 radical (unpaired) electrons. The molecule has 0 amide bonds. The second-order valence-corrected chi connectivity index (χ2v) is 4.16. The maximum atomic E-state index is 8.70. The van der Waals surface area contributed by atoms with Crippen LogP contribution in [-0.4, -0.2) is 41.8 Å². The van der Waals surface area contributed by atoms with Crippen LogP contribution in [-0.2, 0) is 0 Å². The molecule has 1 saturated heterocycles. The maximum Gasteiger partial charge on any atom is 0.138 e. The van der Waals surface area contributed by atoms with Gasteiger partial charge in [-0.25, -0.2) is 0 Å². The van der Waals surface area contributed by atoms with Crippen LogP contribution < -0.4 is 4.74 Å². The number of ether oxygens (including phenoxy) is 1. The standard InChI is InChI=1S/C12H18N2O2.H2S/c1-14-4-2-3-12(14)10-7-11(9-13-8-10)16-6-5-15;/h7-9,12,15H,2-6H2,1H3;1H2/t12-;/m0./s1. The highest BCUT2D eigenvalue weighted by Gasteiger charge is 2.22. The molecule has 17 heavy (non-hydrogen) atoms. The number of likely N-dealkylation sites (tertiary alicyclic amines) is 1. The molecule has 1 fully saturated rings. The first kappa shape index (κ1) is 14.3. The van der Waals surface area contributed by atoms with E-state index in [-0.39, 0.29) is 20.1 Å². The Balaban J connectivity index is 0.00000144. The molecule has 0 aromatic carbocycles. The quantitative estimate of drug-likeness (QED) is 0.883. The zero-order chi connectivity index (χ0) is 11.4. The number of nitrogens with zero attached hydrogens (tertiary/aromatic N) is 2. The van der Waals surface area contributed by atoms with E-state index in [0.29, 0.717) is 12.6 Å². The van der Waals surface area contributed by atoms with Gasteiger partial charge >= 0.3 is 0 Å². The van der Waals surface area contributed by atoms with Crippen LogP contribution in [0.2, 0.25) is 0 Å². The Kier molecular flexibility index (Phi) is 5.74. The summed E-state index contributed by atoms with van der Waals surface area (Å²) in [6, 6.07) is 2.49. The molecule has 0 unspecified atom stereocenters. The van der Waals surface area contributed by atoms with Gasteiger partial charge < -0.3 is 9.84 Å². The molecule has 2 heterocycles. The van der Waals surface area contributed by atoms with Crippen LogP contribution in [0.5, 0.6) is 5.75 Å². The number of aliphatic hydroxyl groups excluding tert-OH is 1. The van der Waals surface area contributed by atoms with Gasteiger partial charge in [-0.15, -0.1) is 0 Å². The Labute approximate surface area is 109 Å². The minimum Gasteiger partial charge on any atom is -0.490 e. The Hall–Kier alpha value is -0.780. The maximum absolute atomic E-state index is 8.70. The van der Waals surface area contributed by atoms with Crippen molar-refractivity contribution in [1.29, 1.82) is 0 Å². The van der Waals surface area contributed by atoms with E-state index >= 15 is 0 Å². The number of rotatable bonds is 4. The lowest BCUT2D eigenvalue weighted by Gasteiger charge is -2.19. The summed E-state index contributed by atoms with van der Waals surface area (Å²) in [5.74, 6) is 0.742. The van der Waals surface area contributed by atoms with Crippen molar-refractivity contribution >= 4 is 13.5 Å². The van der Waals surface area contributed by atoms with Crippen LogP contribution in [0.25, 0.3) is 0 Å². The summed E-state index contributed by atoms with van der Waals surface area (Å²) in [4.78, 5) is 6.52. The highest BCUT2D eigenvalue weighted by atomic mass is 32.1. The van der Waals surface area contributed by atoms with E-state index in [9.17, 15) is 0 Å². The molecule has 1 aromatic heterocycles. The Bertz CT molecular complexity index is 349. The molecule has 5 heteroatoms. The molecule has 0 saturated carbocycles.